The van der Waals surface area contributed by atoms with Gasteiger partial charge in [0.05, 0.1) is 22.8 Å². The van der Waals surface area contributed by atoms with Gasteiger partial charge in [-0.1, -0.05) is 0 Å². The molecule has 0 amide bonds. The quantitative estimate of drug-likeness (QED) is 0.379. The number of alkyl halides is 4. The van der Waals surface area contributed by atoms with Crippen LogP contribution in [-0.2, 0) is 6.18 Å². The fraction of sp³-hybridized carbons (Fsp3) is 0.571. The molecular weight excluding hydrogens is 577 g/mol. The van der Waals surface area contributed by atoms with Gasteiger partial charge in [0.25, 0.3) is 0 Å². The summed E-state index contributed by atoms with van der Waals surface area (Å²) < 4.78 is 85.5. The van der Waals surface area contributed by atoms with Gasteiger partial charge in [-0.05, 0) is 45.7 Å². The van der Waals surface area contributed by atoms with E-state index in [9.17, 15) is 22.7 Å². The first-order chi connectivity index (χ1) is 20.5. The van der Waals surface area contributed by atoms with Crippen molar-refractivity contribution in [2.75, 3.05) is 50.1 Å². The van der Waals surface area contributed by atoms with E-state index in [2.05, 4.69) is 19.9 Å². The third-order valence-corrected chi connectivity index (χ3v) is 8.63. The van der Waals surface area contributed by atoms with Gasteiger partial charge < -0.3 is 25.2 Å². The molecule has 0 aromatic carbocycles. The van der Waals surface area contributed by atoms with Crippen molar-refractivity contribution in [3.8, 4) is 23.1 Å². The van der Waals surface area contributed by atoms with Gasteiger partial charge in [-0.15, -0.1) is 0 Å². The molecule has 0 radical (unpaired) electrons. The van der Waals surface area contributed by atoms with E-state index >= 15 is 4.39 Å². The molecule has 0 saturated carbocycles. The molecule has 10 nitrogen and oxygen atoms in total. The average molecular weight is 610 g/mol. The van der Waals surface area contributed by atoms with Crippen LogP contribution in [0.3, 0.4) is 0 Å². The first-order valence-corrected chi connectivity index (χ1v) is 14.2. The molecule has 0 bridgehead atoms. The summed E-state index contributed by atoms with van der Waals surface area (Å²) in [6, 6.07) is 0.291. The summed E-state index contributed by atoms with van der Waals surface area (Å²) in [5.41, 5.74) is 2.01. The highest BCUT2D eigenvalue weighted by atomic mass is 19.4. The highest BCUT2D eigenvalue weighted by Gasteiger charge is 2.49. The highest BCUT2D eigenvalue weighted by Crippen LogP contribution is 2.45. The Morgan fingerprint density at radius 1 is 1.23 bits per heavy atom. The summed E-state index contributed by atoms with van der Waals surface area (Å²) in [6.45, 7) is 4.27. The number of halogens is 5. The number of nitrogens with two attached hydrogens (primary N) is 1. The molecule has 0 unspecified atom stereocenters. The van der Waals surface area contributed by atoms with Crippen LogP contribution >= 0.6 is 0 Å². The molecule has 6 rings (SSSR count). The molecule has 3 aromatic rings. The summed E-state index contributed by atoms with van der Waals surface area (Å²) in [7, 11) is 0. The van der Waals surface area contributed by atoms with E-state index in [1.807, 2.05) is 11.8 Å². The Labute approximate surface area is 244 Å². The zero-order valence-electron chi connectivity index (χ0n) is 23.7. The molecule has 3 aliphatic rings. The summed E-state index contributed by atoms with van der Waals surface area (Å²) in [5.74, 6) is -1.34. The second-order valence-corrected chi connectivity index (χ2v) is 11.3. The first kappa shape index (κ1) is 29.5. The number of hydrogen-bond acceptors (Lipinski definition) is 10. The molecule has 2 fully saturated rings. The standard InChI is InChI=1S/C28H32F5N7O3/c1-3-40-16(5-8-41)12-42-25-19-23(21(30)22(36-25)17-9-18(34)35-14(2)20(17)28(31,32)33)37-26(38-24(19)40)43-13-27-6-4-7-39(27)11-15(29)10-27/h9,15-16,41H,3-8,10-13H2,1-2H3,(H2,34,35)/t15-,16+,27+/m1/s1. The zero-order valence-corrected chi connectivity index (χ0v) is 23.7. The number of rotatable bonds is 7. The van der Waals surface area contributed by atoms with E-state index in [1.165, 1.54) is 0 Å². The van der Waals surface area contributed by atoms with Crippen LogP contribution in [0.1, 0.15) is 43.9 Å². The maximum absolute atomic E-state index is 16.5. The van der Waals surface area contributed by atoms with Gasteiger partial charge in [0, 0.05) is 31.7 Å². The summed E-state index contributed by atoms with van der Waals surface area (Å²) in [6.07, 6.45) is -3.73. The number of pyridine rings is 2. The molecular formula is C28H32F5N7O3. The van der Waals surface area contributed by atoms with Crippen molar-refractivity contribution in [1.82, 2.24) is 24.8 Å². The molecule has 3 aromatic heterocycles. The number of nitrogen functional groups attached to an aromatic ring is 1. The van der Waals surface area contributed by atoms with E-state index in [-0.39, 0.29) is 67.1 Å². The van der Waals surface area contributed by atoms with E-state index in [0.29, 0.717) is 13.1 Å². The van der Waals surface area contributed by atoms with Gasteiger partial charge in [-0.3, -0.25) is 4.90 Å². The summed E-state index contributed by atoms with van der Waals surface area (Å²) in [4.78, 5) is 20.7. The minimum Gasteiger partial charge on any atom is -0.475 e. The number of anilines is 2. The number of likely N-dealkylation sites (N-methyl/N-ethyl adjacent to an activating group) is 1. The van der Waals surface area contributed by atoms with Crippen LogP contribution in [0.2, 0.25) is 0 Å². The number of fused-ring (bicyclic) bond motifs is 1. The van der Waals surface area contributed by atoms with Crippen LogP contribution < -0.4 is 20.1 Å². The van der Waals surface area contributed by atoms with Crippen LogP contribution in [0, 0.1) is 12.7 Å². The smallest absolute Gasteiger partial charge is 0.418 e. The van der Waals surface area contributed by atoms with Crippen LogP contribution in [0.15, 0.2) is 6.07 Å². The summed E-state index contributed by atoms with van der Waals surface area (Å²) >= 11 is 0. The molecule has 0 aliphatic carbocycles. The van der Waals surface area contributed by atoms with Crippen LogP contribution in [0.25, 0.3) is 22.2 Å². The normalized spacial score (nSPS) is 23.9. The molecule has 3 N–H and O–H groups in total. The Morgan fingerprint density at radius 3 is 2.74 bits per heavy atom. The van der Waals surface area contributed by atoms with Gasteiger partial charge >= 0.3 is 12.2 Å². The van der Waals surface area contributed by atoms with Gasteiger partial charge in [0.2, 0.25) is 5.88 Å². The van der Waals surface area contributed by atoms with Gasteiger partial charge in [-0.2, -0.15) is 23.1 Å². The van der Waals surface area contributed by atoms with Crippen molar-refractivity contribution in [2.45, 2.75) is 63.5 Å². The third-order valence-electron chi connectivity index (χ3n) is 8.63. The Hall–Kier alpha value is -3.59. The van der Waals surface area contributed by atoms with Crippen LogP contribution in [0.5, 0.6) is 11.9 Å². The van der Waals surface area contributed by atoms with Gasteiger partial charge in [-0.25, -0.2) is 18.7 Å². The number of hydrogen-bond donors (Lipinski definition) is 2. The fourth-order valence-electron chi connectivity index (χ4n) is 6.78. The lowest BCUT2D eigenvalue weighted by molar-refractivity contribution is -0.137. The Morgan fingerprint density at radius 2 is 2.02 bits per heavy atom. The number of nitrogens with zero attached hydrogens (tertiary/aromatic N) is 6. The van der Waals surface area contributed by atoms with Crippen molar-refractivity contribution in [1.29, 1.82) is 0 Å². The first-order valence-electron chi connectivity index (χ1n) is 14.2. The maximum Gasteiger partial charge on any atom is 0.418 e. The minimum atomic E-state index is -4.89. The van der Waals surface area contributed by atoms with Gasteiger partial charge in [0.15, 0.2) is 5.82 Å². The van der Waals surface area contributed by atoms with Gasteiger partial charge in [0.1, 0.15) is 47.6 Å². The molecule has 15 heteroatoms. The van der Waals surface area contributed by atoms with E-state index in [4.69, 9.17) is 15.2 Å². The third kappa shape index (κ3) is 5.05. The van der Waals surface area contributed by atoms with Crippen molar-refractivity contribution in [2.24, 2.45) is 0 Å². The Balaban J connectivity index is 1.54. The monoisotopic (exact) mass is 609 g/mol. The molecule has 43 heavy (non-hydrogen) atoms. The fourth-order valence-corrected chi connectivity index (χ4v) is 6.78. The number of ether oxygens (including phenoxy) is 2. The second kappa shape index (κ2) is 10.8. The molecule has 0 spiro atoms. The van der Waals surface area contributed by atoms with Crippen LogP contribution in [-0.4, -0.2) is 87.1 Å². The largest absolute Gasteiger partial charge is 0.475 e. The van der Waals surface area contributed by atoms with Crippen molar-refractivity contribution in [3.63, 3.8) is 0 Å². The van der Waals surface area contributed by atoms with E-state index < -0.39 is 52.3 Å². The highest BCUT2D eigenvalue weighted by molar-refractivity contribution is 5.97. The minimum absolute atomic E-state index is 0.00623. The topological polar surface area (TPSA) is 123 Å². The van der Waals surface area contributed by atoms with E-state index in [0.717, 1.165) is 32.4 Å². The number of aromatic nitrogens is 4. The number of aliphatic hydroxyl groups is 1. The second-order valence-electron chi connectivity index (χ2n) is 11.3. The lowest BCUT2D eigenvalue weighted by Crippen LogP contribution is -2.43. The predicted molar refractivity (Wildman–Crippen MR) is 147 cm³/mol. The Bertz CT molecular complexity index is 1560. The van der Waals surface area contributed by atoms with E-state index in [1.54, 1.807) is 4.90 Å². The molecule has 3 aliphatic heterocycles. The maximum atomic E-state index is 16.5. The van der Waals surface area contributed by atoms with Crippen LogP contribution in [0.4, 0.5) is 33.6 Å². The molecule has 6 heterocycles. The number of aryl methyl sites for hydroxylation is 1. The molecule has 3 atom stereocenters. The molecule has 2 saturated heterocycles. The Kier molecular flexibility index (Phi) is 7.43. The zero-order chi connectivity index (χ0) is 30.7. The molecule has 232 valence electrons. The average Bonchev–Trinajstić information content (AvgIpc) is 3.41. The van der Waals surface area contributed by atoms with Crippen molar-refractivity contribution < 1.29 is 36.5 Å². The SMILES string of the molecule is CCN1c2nc(OC[C@@]34CCCN3C[C@H](F)C4)nc3c(F)c(-c4cc(N)nc(C)c4C(F)(F)F)nc(c23)OC[C@@H]1CCO. The summed E-state index contributed by atoms with van der Waals surface area (Å²) in [5, 5.41) is 9.79. The lowest BCUT2D eigenvalue weighted by atomic mass is 9.95. The van der Waals surface area contributed by atoms with Crippen molar-refractivity contribution >= 4 is 22.5 Å². The number of aliphatic hydroxyl groups excluding tert-OH is 1. The predicted octanol–water partition coefficient (Wildman–Crippen LogP) is 4.06. The van der Waals surface area contributed by atoms with Crippen molar-refractivity contribution in [3.05, 3.63) is 23.1 Å². The lowest BCUT2D eigenvalue weighted by Gasteiger charge is -2.31.